The summed E-state index contributed by atoms with van der Waals surface area (Å²) in [5, 5.41) is 11.5. The molecule has 0 radical (unpaired) electrons. The third-order valence-electron chi connectivity index (χ3n) is 2.21. The lowest BCUT2D eigenvalue weighted by Crippen LogP contribution is -2.52. The molecule has 0 bridgehead atoms. The zero-order valence-corrected chi connectivity index (χ0v) is 11.7. The number of aliphatic hydroxyl groups is 1. The average molecular weight is 260 g/mol. The van der Waals surface area contributed by atoms with Gasteiger partial charge in [-0.3, -0.25) is 4.79 Å². The molecule has 0 aliphatic rings. The van der Waals surface area contributed by atoms with Gasteiger partial charge in [-0.05, 0) is 26.7 Å². The lowest BCUT2D eigenvalue weighted by atomic mass is 10.0. The Morgan fingerprint density at radius 3 is 2.17 bits per heavy atom. The van der Waals surface area contributed by atoms with Crippen molar-refractivity contribution in [2.45, 2.75) is 52.3 Å². The van der Waals surface area contributed by atoms with Gasteiger partial charge in [0.15, 0.2) is 6.04 Å². The van der Waals surface area contributed by atoms with E-state index in [4.69, 9.17) is 15.6 Å². The minimum Gasteiger partial charge on any atom is -0.458 e. The first-order chi connectivity index (χ1) is 8.08. The Hall–Kier alpha value is -1.14. The minimum absolute atomic E-state index is 0.0528. The van der Waals surface area contributed by atoms with E-state index in [-0.39, 0.29) is 5.92 Å². The molecule has 0 spiro atoms. The van der Waals surface area contributed by atoms with E-state index in [9.17, 15) is 9.59 Å². The smallest absolute Gasteiger partial charge is 0.331 e. The zero-order chi connectivity index (χ0) is 14.5. The number of carbonyl (C=O) groups excluding carboxylic acids is 2. The molecular weight excluding hydrogens is 236 g/mol. The fraction of sp³-hybridized carbons (Fsp3) is 0.833. The molecule has 0 aliphatic heterocycles. The first-order valence-electron chi connectivity index (χ1n) is 5.98. The van der Waals surface area contributed by atoms with Crippen LogP contribution in [0.25, 0.3) is 0 Å². The van der Waals surface area contributed by atoms with Crippen molar-refractivity contribution >= 4 is 11.9 Å². The minimum atomic E-state index is -1.08. The van der Waals surface area contributed by atoms with Gasteiger partial charge in [-0.2, -0.15) is 0 Å². The molecule has 106 valence electrons. The van der Waals surface area contributed by atoms with Crippen molar-refractivity contribution in [2.24, 2.45) is 11.7 Å². The molecule has 0 heterocycles. The van der Waals surface area contributed by atoms with Crippen molar-refractivity contribution in [2.75, 3.05) is 6.61 Å². The third kappa shape index (κ3) is 5.97. The molecule has 2 atom stereocenters. The maximum absolute atomic E-state index is 11.7. The van der Waals surface area contributed by atoms with Gasteiger partial charge >= 0.3 is 5.97 Å². The van der Waals surface area contributed by atoms with Gasteiger partial charge in [0.2, 0.25) is 5.91 Å². The maximum Gasteiger partial charge on any atom is 0.331 e. The van der Waals surface area contributed by atoms with Crippen LogP contribution in [0.3, 0.4) is 0 Å². The molecule has 0 rings (SSSR count). The fourth-order valence-corrected chi connectivity index (χ4v) is 1.12. The number of nitrogens with one attached hydrogen (secondary N) is 1. The van der Waals surface area contributed by atoms with Crippen molar-refractivity contribution in [1.29, 1.82) is 0 Å². The number of aliphatic hydroxyl groups excluding tert-OH is 1. The first kappa shape index (κ1) is 16.9. The predicted molar refractivity (Wildman–Crippen MR) is 67.7 cm³/mol. The summed E-state index contributed by atoms with van der Waals surface area (Å²) in [7, 11) is 0. The number of ether oxygens (including phenoxy) is 1. The molecule has 0 aromatic rings. The lowest BCUT2D eigenvalue weighted by Gasteiger charge is -2.25. The Morgan fingerprint density at radius 2 is 1.83 bits per heavy atom. The summed E-state index contributed by atoms with van der Waals surface area (Å²) in [6.45, 7) is 8.20. The van der Waals surface area contributed by atoms with Crippen LogP contribution in [0.4, 0.5) is 0 Å². The van der Waals surface area contributed by atoms with Crippen LogP contribution in [0.2, 0.25) is 0 Å². The number of amides is 1. The first-order valence-corrected chi connectivity index (χ1v) is 5.98. The molecule has 0 saturated heterocycles. The second kappa shape index (κ2) is 6.70. The van der Waals surface area contributed by atoms with Crippen molar-refractivity contribution in [3.05, 3.63) is 0 Å². The largest absolute Gasteiger partial charge is 0.458 e. The van der Waals surface area contributed by atoms with Gasteiger partial charge in [-0.15, -0.1) is 0 Å². The summed E-state index contributed by atoms with van der Waals surface area (Å²) >= 11 is 0. The molecule has 6 nitrogen and oxygen atoms in total. The third-order valence-corrected chi connectivity index (χ3v) is 2.21. The van der Waals surface area contributed by atoms with Crippen LogP contribution in [0.5, 0.6) is 0 Å². The van der Waals surface area contributed by atoms with Crippen LogP contribution >= 0.6 is 0 Å². The number of carbonyl (C=O) groups is 2. The Kier molecular flexibility index (Phi) is 6.28. The quantitative estimate of drug-likeness (QED) is 0.594. The summed E-state index contributed by atoms with van der Waals surface area (Å²) in [6.07, 6.45) is 0. The number of nitrogens with two attached hydrogens (primary N) is 1. The Bertz CT molecular complexity index is 297. The van der Waals surface area contributed by atoms with Crippen molar-refractivity contribution in [1.82, 2.24) is 5.32 Å². The Balaban J connectivity index is 4.52. The van der Waals surface area contributed by atoms with Crippen LogP contribution < -0.4 is 11.1 Å². The summed E-state index contributed by atoms with van der Waals surface area (Å²) in [6, 6.07) is -1.80. The van der Waals surface area contributed by atoms with E-state index in [0.29, 0.717) is 0 Å². The van der Waals surface area contributed by atoms with Crippen LogP contribution in [-0.4, -0.2) is 41.3 Å². The molecular formula is C12H24N2O4. The van der Waals surface area contributed by atoms with Crippen molar-refractivity contribution in [3.63, 3.8) is 0 Å². The average Bonchev–Trinajstić information content (AvgIpc) is 2.21. The van der Waals surface area contributed by atoms with Gasteiger partial charge < -0.3 is 20.9 Å². The summed E-state index contributed by atoms with van der Waals surface area (Å²) in [5.74, 6) is -1.20. The second-order valence-electron chi connectivity index (χ2n) is 5.55. The zero-order valence-electron chi connectivity index (χ0n) is 11.7. The highest BCUT2D eigenvalue weighted by molar-refractivity contribution is 5.87. The van der Waals surface area contributed by atoms with Gasteiger partial charge in [0.1, 0.15) is 5.60 Å². The van der Waals surface area contributed by atoms with Gasteiger partial charge in [0.25, 0.3) is 0 Å². The number of hydrogen-bond donors (Lipinski definition) is 3. The van der Waals surface area contributed by atoms with E-state index in [1.54, 1.807) is 34.6 Å². The van der Waals surface area contributed by atoms with E-state index < -0.39 is 36.2 Å². The van der Waals surface area contributed by atoms with Crippen molar-refractivity contribution < 1.29 is 19.4 Å². The molecule has 0 aromatic heterocycles. The normalized spacial score (nSPS) is 15.1. The molecule has 4 N–H and O–H groups in total. The maximum atomic E-state index is 11.7. The van der Waals surface area contributed by atoms with Crippen LogP contribution in [-0.2, 0) is 14.3 Å². The van der Waals surface area contributed by atoms with Gasteiger partial charge in [-0.1, -0.05) is 13.8 Å². The molecule has 0 aromatic carbocycles. The highest BCUT2D eigenvalue weighted by Gasteiger charge is 2.28. The standard InChI is InChI=1S/C12H24N2O4/c1-7(2)9(13)10(16)14-8(6-15)11(17)18-12(3,4)5/h7-9,15H,6,13H2,1-5H3,(H,14,16)/t8-,9-/m0/s1. The van der Waals surface area contributed by atoms with Crippen LogP contribution in [0, 0.1) is 5.92 Å². The topological polar surface area (TPSA) is 102 Å². The SMILES string of the molecule is CC(C)[C@H](N)C(=O)N[C@@H](CO)C(=O)OC(C)(C)C. The monoisotopic (exact) mass is 260 g/mol. The van der Waals surface area contributed by atoms with Gasteiger partial charge in [0, 0.05) is 0 Å². The molecule has 0 saturated carbocycles. The molecule has 0 aliphatic carbocycles. The second-order valence-corrected chi connectivity index (χ2v) is 5.55. The highest BCUT2D eigenvalue weighted by Crippen LogP contribution is 2.08. The van der Waals surface area contributed by atoms with Crippen LogP contribution in [0.15, 0.2) is 0 Å². The van der Waals surface area contributed by atoms with E-state index >= 15 is 0 Å². The number of esters is 1. The van der Waals surface area contributed by atoms with E-state index in [0.717, 1.165) is 0 Å². The highest BCUT2D eigenvalue weighted by atomic mass is 16.6. The van der Waals surface area contributed by atoms with Crippen LogP contribution in [0.1, 0.15) is 34.6 Å². The summed E-state index contributed by atoms with van der Waals surface area (Å²) in [5.41, 5.74) is 4.97. The number of rotatable bonds is 5. The van der Waals surface area contributed by atoms with E-state index in [1.807, 2.05) is 0 Å². The van der Waals surface area contributed by atoms with E-state index in [1.165, 1.54) is 0 Å². The molecule has 0 fully saturated rings. The van der Waals surface area contributed by atoms with E-state index in [2.05, 4.69) is 5.32 Å². The number of hydrogen-bond acceptors (Lipinski definition) is 5. The molecule has 6 heteroatoms. The fourth-order valence-electron chi connectivity index (χ4n) is 1.12. The summed E-state index contributed by atoms with van der Waals surface area (Å²) in [4.78, 5) is 23.3. The predicted octanol–water partition coefficient (Wildman–Crippen LogP) is -0.211. The Labute approximate surface area is 108 Å². The lowest BCUT2D eigenvalue weighted by molar-refractivity contribution is -0.159. The molecule has 18 heavy (non-hydrogen) atoms. The van der Waals surface area contributed by atoms with Gasteiger partial charge in [-0.25, -0.2) is 4.79 Å². The molecule has 1 amide bonds. The summed E-state index contributed by atoms with van der Waals surface area (Å²) < 4.78 is 5.08. The Morgan fingerprint density at radius 1 is 1.33 bits per heavy atom. The van der Waals surface area contributed by atoms with Gasteiger partial charge in [0.05, 0.1) is 12.6 Å². The molecule has 0 unspecified atom stereocenters. The van der Waals surface area contributed by atoms with Crippen molar-refractivity contribution in [3.8, 4) is 0 Å².